The Morgan fingerprint density at radius 2 is 2.14 bits per heavy atom. The number of pyridine rings is 1. The summed E-state index contributed by atoms with van der Waals surface area (Å²) in [6.07, 6.45) is 6.51. The Balaban J connectivity index is 1.82. The lowest BCUT2D eigenvalue weighted by atomic mass is 10.2. The molecular weight excluding hydrogens is 296 g/mol. The molecule has 0 spiro atoms. The lowest BCUT2D eigenvalue weighted by Crippen LogP contribution is -2.19. The Morgan fingerprint density at radius 1 is 1.27 bits per heavy atom. The second-order valence-corrected chi connectivity index (χ2v) is 6.49. The second-order valence-electron chi connectivity index (χ2n) is 5.34. The lowest BCUT2D eigenvalue weighted by Gasteiger charge is -2.13. The fourth-order valence-electron chi connectivity index (χ4n) is 2.60. The zero-order chi connectivity index (χ0) is 14.9. The molecule has 0 bridgehead atoms. The van der Waals surface area contributed by atoms with E-state index in [4.69, 9.17) is 4.98 Å². The van der Waals surface area contributed by atoms with Crippen molar-refractivity contribution in [2.45, 2.75) is 12.5 Å². The largest absolute Gasteiger partial charge is 0.366 e. The van der Waals surface area contributed by atoms with Crippen molar-refractivity contribution < 1.29 is 0 Å². The molecule has 3 aromatic heterocycles. The van der Waals surface area contributed by atoms with E-state index in [-0.39, 0.29) is 0 Å². The number of hydrogen-bond acceptors (Lipinski definition) is 6. The smallest absolute Gasteiger partial charge is 0.164 e. The fourth-order valence-corrected chi connectivity index (χ4v) is 3.76. The van der Waals surface area contributed by atoms with Crippen molar-refractivity contribution in [1.29, 1.82) is 0 Å². The normalized spacial score (nSPS) is 18.0. The summed E-state index contributed by atoms with van der Waals surface area (Å²) in [6, 6.07) is 4.31. The van der Waals surface area contributed by atoms with Crippen LogP contribution in [0.5, 0.6) is 0 Å². The zero-order valence-electron chi connectivity index (χ0n) is 12.2. The molecule has 0 radical (unpaired) electrons. The van der Waals surface area contributed by atoms with Crippen molar-refractivity contribution in [2.75, 3.05) is 16.8 Å². The summed E-state index contributed by atoms with van der Waals surface area (Å²) in [4.78, 5) is 13.4. The molecular formula is C15H16N6S. The molecule has 1 aliphatic rings. The van der Waals surface area contributed by atoms with Crippen LogP contribution in [0.3, 0.4) is 0 Å². The third-order valence-electron chi connectivity index (χ3n) is 3.80. The average molecular weight is 312 g/mol. The first kappa shape index (κ1) is 13.5. The molecule has 4 rings (SSSR count). The predicted octanol–water partition coefficient (Wildman–Crippen LogP) is 2.34. The van der Waals surface area contributed by atoms with Gasteiger partial charge in [-0.2, -0.15) is 16.9 Å². The Morgan fingerprint density at radius 3 is 2.91 bits per heavy atom. The monoisotopic (exact) mass is 312 g/mol. The molecule has 22 heavy (non-hydrogen) atoms. The Kier molecular flexibility index (Phi) is 3.42. The first-order valence-corrected chi connectivity index (χ1v) is 8.41. The number of nitrogens with zero attached hydrogens (tertiary/aromatic N) is 5. The van der Waals surface area contributed by atoms with E-state index in [1.54, 1.807) is 17.1 Å². The number of aryl methyl sites for hydroxylation is 1. The number of anilines is 1. The number of rotatable bonds is 3. The van der Waals surface area contributed by atoms with Crippen molar-refractivity contribution in [3.63, 3.8) is 0 Å². The van der Waals surface area contributed by atoms with Gasteiger partial charge in [0.15, 0.2) is 11.5 Å². The van der Waals surface area contributed by atoms with Crippen LogP contribution < -0.4 is 5.32 Å². The highest BCUT2D eigenvalue weighted by atomic mass is 32.2. The van der Waals surface area contributed by atoms with E-state index in [9.17, 15) is 0 Å². The molecule has 0 amide bonds. The number of fused-ring (bicyclic) bond motifs is 1. The number of thioether (sulfide) groups is 1. The van der Waals surface area contributed by atoms with Gasteiger partial charge >= 0.3 is 0 Å². The van der Waals surface area contributed by atoms with Crippen molar-refractivity contribution in [1.82, 2.24) is 24.7 Å². The average Bonchev–Trinajstić information content (AvgIpc) is 3.19. The van der Waals surface area contributed by atoms with Gasteiger partial charge in [0.05, 0.1) is 11.6 Å². The van der Waals surface area contributed by atoms with Crippen molar-refractivity contribution in [3.05, 3.63) is 30.7 Å². The summed E-state index contributed by atoms with van der Waals surface area (Å²) in [7, 11) is 1.90. The molecule has 0 aliphatic carbocycles. The topological polar surface area (TPSA) is 68.5 Å². The van der Waals surface area contributed by atoms with E-state index in [0.29, 0.717) is 11.9 Å². The Labute approximate surface area is 132 Å². The molecule has 1 atom stereocenters. The van der Waals surface area contributed by atoms with E-state index >= 15 is 0 Å². The maximum Gasteiger partial charge on any atom is 0.164 e. The zero-order valence-corrected chi connectivity index (χ0v) is 13.0. The number of nitrogens with one attached hydrogen (secondary N) is 1. The Bertz CT molecular complexity index is 794. The molecule has 112 valence electrons. The van der Waals surface area contributed by atoms with Gasteiger partial charge in [-0.3, -0.25) is 9.67 Å². The number of hydrogen-bond donors (Lipinski definition) is 1. The molecule has 0 unspecified atom stereocenters. The molecule has 0 saturated carbocycles. The van der Waals surface area contributed by atoms with Gasteiger partial charge in [-0.25, -0.2) is 9.97 Å². The van der Waals surface area contributed by atoms with E-state index in [1.807, 2.05) is 37.1 Å². The first-order chi connectivity index (χ1) is 10.8. The van der Waals surface area contributed by atoms with Gasteiger partial charge in [0.2, 0.25) is 0 Å². The summed E-state index contributed by atoms with van der Waals surface area (Å²) in [5.74, 6) is 3.90. The third-order valence-corrected chi connectivity index (χ3v) is 4.96. The molecule has 0 aromatic carbocycles. The molecule has 3 aromatic rings. The van der Waals surface area contributed by atoms with Gasteiger partial charge < -0.3 is 5.32 Å². The third kappa shape index (κ3) is 2.41. The van der Waals surface area contributed by atoms with Crippen LogP contribution in [0.15, 0.2) is 30.7 Å². The van der Waals surface area contributed by atoms with Gasteiger partial charge in [-0.05, 0) is 24.3 Å². The molecule has 6 nitrogen and oxygen atoms in total. The van der Waals surface area contributed by atoms with Gasteiger partial charge in [-0.1, -0.05) is 0 Å². The minimum Gasteiger partial charge on any atom is -0.366 e. The van der Waals surface area contributed by atoms with Crippen LogP contribution in [0.1, 0.15) is 6.42 Å². The van der Waals surface area contributed by atoms with Gasteiger partial charge in [0, 0.05) is 36.8 Å². The highest BCUT2D eigenvalue weighted by Crippen LogP contribution is 2.27. The van der Waals surface area contributed by atoms with Crippen LogP contribution in [0, 0.1) is 0 Å². The van der Waals surface area contributed by atoms with Crippen LogP contribution in [0.4, 0.5) is 5.82 Å². The summed E-state index contributed by atoms with van der Waals surface area (Å²) in [6.45, 7) is 0. The lowest BCUT2D eigenvalue weighted by molar-refractivity contribution is 0.785. The highest BCUT2D eigenvalue weighted by molar-refractivity contribution is 7.99. The summed E-state index contributed by atoms with van der Waals surface area (Å²) >= 11 is 1.98. The Hall–Kier alpha value is -2.15. The van der Waals surface area contributed by atoms with E-state index in [1.165, 1.54) is 12.2 Å². The molecule has 1 aliphatic heterocycles. The van der Waals surface area contributed by atoms with Crippen LogP contribution in [0.25, 0.3) is 22.4 Å². The summed E-state index contributed by atoms with van der Waals surface area (Å²) < 4.78 is 1.79. The highest BCUT2D eigenvalue weighted by Gasteiger charge is 2.19. The standard InChI is InChI=1S/C15H16N6S/c1-21-15-12(8-17-21)14(18-11-4-7-22-9-11)19-13(20-15)10-2-5-16-6-3-10/h2-3,5-6,8,11H,4,7,9H2,1H3,(H,18,19,20)/t11-/m0/s1. The molecule has 4 heterocycles. The van der Waals surface area contributed by atoms with Crippen LogP contribution >= 0.6 is 11.8 Å². The van der Waals surface area contributed by atoms with Crippen molar-refractivity contribution in [3.8, 4) is 11.4 Å². The van der Waals surface area contributed by atoms with Crippen molar-refractivity contribution in [2.24, 2.45) is 7.05 Å². The minimum atomic E-state index is 0.466. The molecule has 1 fully saturated rings. The van der Waals surface area contributed by atoms with Crippen molar-refractivity contribution >= 4 is 28.6 Å². The van der Waals surface area contributed by atoms with Gasteiger partial charge in [0.1, 0.15) is 5.82 Å². The predicted molar refractivity (Wildman–Crippen MR) is 88.9 cm³/mol. The first-order valence-electron chi connectivity index (χ1n) is 7.26. The van der Waals surface area contributed by atoms with Crippen LogP contribution in [-0.2, 0) is 7.05 Å². The van der Waals surface area contributed by atoms with E-state index in [2.05, 4.69) is 20.4 Å². The van der Waals surface area contributed by atoms with Gasteiger partial charge in [-0.15, -0.1) is 0 Å². The summed E-state index contributed by atoms with van der Waals surface area (Å²) in [5, 5.41) is 8.86. The van der Waals surface area contributed by atoms with Gasteiger partial charge in [0.25, 0.3) is 0 Å². The van der Waals surface area contributed by atoms with Crippen LogP contribution in [0.2, 0.25) is 0 Å². The second kappa shape index (κ2) is 5.57. The maximum absolute atomic E-state index is 4.74. The SMILES string of the molecule is Cn1ncc2c(N[C@H]3CCSC3)nc(-c3ccncc3)nc21. The van der Waals surface area contributed by atoms with Crippen LogP contribution in [-0.4, -0.2) is 42.3 Å². The fraction of sp³-hybridized carbons (Fsp3) is 0.333. The number of aromatic nitrogens is 5. The maximum atomic E-state index is 4.74. The van der Waals surface area contributed by atoms with E-state index in [0.717, 1.165) is 28.2 Å². The molecule has 1 N–H and O–H groups in total. The molecule has 7 heteroatoms. The summed E-state index contributed by atoms with van der Waals surface area (Å²) in [5.41, 5.74) is 1.80. The minimum absolute atomic E-state index is 0.466. The quantitative estimate of drug-likeness (QED) is 0.800. The molecule has 1 saturated heterocycles. The van der Waals surface area contributed by atoms with E-state index < -0.39 is 0 Å².